The van der Waals surface area contributed by atoms with E-state index in [4.69, 9.17) is 4.74 Å². The summed E-state index contributed by atoms with van der Waals surface area (Å²) in [6, 6.07) is 5.51. The molecule has 2 aliphatic heterocycles. The van der Waals surface area contributed by atoms with Crippen LogP contribution in [0.2, 0.25) is 0 Å². The second-order valence-corrected chi connectivity index (χ2v) is 5.56. The van der Waals surface area contributed by atoms with E-state index in [1.165, 1.54) is 0 Å². The van der Waals surface area contributed by atoms with Crippen LogP contribution in [0.15, 0.2) is 18.2 Å². The average molecular weight is 276 g/mol. The Morgan fingerprint density at radius 1 is 1.45 bits per heavy atom. The lowest BCUT2D eigenvalue weighted by atomic mass is 9.89. The third-order valence-electron chi connectivity index (χ3n) is 4.06. The first-order valence-electron chi connectivity index (χ1n) is 7.15. The van der Waals surface area contributed by atoms with Crippen LogP contribution < -0.4 is 15.4 Å². The SMILES string of the molecule is CC1Oc2ccc(C(O)C3CCCNC3)cc2NC1=O. The summed E-state index contributed by atoms with van der Waals surface area (Å²) >= 11 is 0. The van der Waals surface area contributed by atoms with Gasteiger partial charge in [0.15, 0.2) is 6.10 Å². The number of hydrogen-bond acceptors (Lipinski definition) is 4. The molecule has 3 unspecified atom stereocenters. The number of anilines is 1. The topological polar surface area (TPSA) is 70.6 Å². The van der Waals surface area contributed by atoms with Gasteiger partial charge in [0.1, 0.15) is 5.75 Å². The Balaban J connectivity index is 1.81. The van der Waals surface area contributed by atoms with Crippen molar-refractivity contribution in [2.24, 2.45) is 5.92 Å². The molecule has 0 aliphatic carbocycles. The molecule has 0 spiro atoms. The van der Waals surface area contributed by atoms with Gasteiger partial charge in [0.25, 0.3) is 5.91 Å². The van der Waals surface area contributed by atoms with Crippen molar-refractivity contribution in [2.75, 3.05) is 18.4 Å². The molecule has 1 saturated heterocycles. The number of benzene rings is 1. The fraction of sp³-hybridized carbons (Fsp3) is 0.533. The molecule has 3 N–H and O–H groups in total. The standard InChI is InChI=1S/C15H20N2O3/c1-9-15(19)17-12-7-10(4-5-13(12)20-9)14(18)11-3-2-6-16-8-11/h4-5,7,9,11,14,16,18H,2-3,6,8H2,1H3,(H,17,19). The molecule has 2 aliphatic rings. The van der Waals surface area contributed by atoms with E-state index in [1.807, 2.05) is 18.2 Å². The van der Waals surface area contributed by atoms with Crippen LogP contribution in [-0.2, 0) is 4.79 Å². The van der Waals surface area contributed by atoms with Crippen LogP contribution in [0, 0.1) is 5.92 Å². The second-order valence-electron chi connectivity index (χ2n) is 5.56. The van der Waals surface area contributed by atoms with Crippen LogP contribution >= 0.6 is 0 Å². The Morgan fingerprint density at radius 2 is 2.30 bits per heavy atom. The predicted molar refractivity (Wildman–Crippen MR) is 75.7 cm³/mol. The number of carbonyl (C=O) groups is 1. The first kappa shape index (κ1) is 13.4. The molecule has 1 aromatic carbocycles. The highest BCUT2D eigenvalue weighted by Crippen LogP contribution is 2.35. The number of nitrogens with one attached hydrogen (secondary N) is 2. The van der Waals surface area contributed by atoms with Gasteiger partial charge in [-0.2, -0.15) is 0 Å². The summed E-state index contributed by atoms with van der Waals surface area (Å²) in [5.74, 6) is 0.735. The molecule has 3 atom stereocenters. The van der Waals surface area contributed by atoms with Crippen LogP contribution in [0.3, 0.4) is 0 Å². The van der Waals surface area contributed by atoms with Gasteiger partial charge in [-0.1, -0.05) is 6.07 Å². The summed E-state index contributed by atoms with van der Waals surface area (Å²) < 4.78 is 5.52. The summed E-state index contributed by atoms with van der Waals surface area (Å²) in [6.07, 6.45) is 1.12. The van der Waals surface area contributed by atoms with E-state index >= 15 is 0 Å². The Bertz CT molecular complexity index is 512. The molecule has 0 aromatic heterocycles. The molecule has 108 valence electrons. The van der Waals surface area contributed by atoms with E-state index < -0.39 is 12.2 Å². The summed E-state index contributed by atoms with van der Waals surface area (Å²) in [5.41, 5.74) is 1.48. The van der Waals surface area contributed by atoms with Gasteiger partial charge in [0, 0.05) is 12.5 Å². The van der Waals surface area contributed by atoms with Crippen LogP contribution in [-0.4, -0.2) is 30.2 Å². The number of aliphatic hydroxyl groups excluding tert-OH is 1. The Kier molecular flexibility index (Phi) is 3.63. The van der Waals surface area contributed by atoms with Gasteiger partial charge in [0.05, 0.1) is 11.8 Å². The highest BCUT2D eigenvalue weighted by atomic mass is 16.5. The maximum absolute atomic E-state index is 11.6. The van der Waals surface area contributed by atoms with Crippen molar-refractivity contribution < 1.29 is 14.6 Å². The molecular formula is C15H20N2O3. The van der Waals surface area contributed by atoms with Gasteiger partial charge >= 0.3 is 0 Å². The van der Waals surface area contributed by atoms with Gasteiger partial charge < -0.3 is 20.5 Å². The zero-order chi connectivity index (χ0) is 14.1. The van der Waals surface area contributed by atoms with E-state index in [9.17, 15) is 9.90 Å². The van der Waals surface area contributed by atoms with Crippen LogP contribution in [0.5, 0.6) is 5.75 Å². The number of fused-ring (bicyclic) bond motifs is 1. The molecule has 1 aromatic rings. The van der Waals surface area contributed by atoms with Gasteiger partial charge in [-0.25, -0.2) is 0 Å². The molecule has 0 bridgehead atoms. The maximum Gasteiger partial charge on any atom is 0.265 e. The van der Waals surface area contributed by atoms with Crippen LogP contribution in [0.1, 0.15) is 31.4 Å². The smallest absolute Gasteiger partial charge is 0.265 e. The van der Waals surface area contributed by atoms with Gasteiger partial charge in [-0.15, -0.1) is 0 Å². The number of rotatable bonds is 2. The van der Waals surface area contributed by atoms with Gasteiger partial charge in [0.2, 0.25) is 0 Å². The van der Waals surface area contributed by atoms with Crippen molar-refractivity contribution in [1.82, 2.24) is 5.32 Å². The molecular weight excluding hydrogens is 256 g/mol. The number of hydrogen-bond donors (Lipinski definition) is 3. The summed E-state index contributed by atoms with van der Waals surface area (Å²) in [5, 5.41) is 16.6. The first-order chi connectivity index (χ1) is 9.65. The van der Waals surface area contributed by atoms with Crippen molar-refractivity contribution >= 4 is 11.6 Å². The van der Waals surface area contributed by atoms with Crippen molar-refractivity contribution in [2.45, 2.75) is 32.0 Å². The van der Waals surface area contributed by atoms with E-state index in [2.05, 4.69) is 10.6 Å². The molecule has 5 heteroatoms. The fourth-order valence-corrected chi connectivity index (χ4v) is 2.83. The minimum atomic E-state index is -0.510. The van der Waals surface area contributed by atoms with E-state index in [0.29, 0.717) is 11.4 Å². The molecule has 3 rings (SSSR count). The highest BCUT2D eigenvalue weighted by molar-refractivity contribution is 5.97. The summed E-state index contributed by atoms with van der Waals surface area (Å²) in [4.78, 5) is 11.6. The average Bonchev–Trinajstić information content (AvgIpc) is 2.48. The molecule has 0 radical (unpaired) electrons. The zero-order valence-electron chi connectivity index (χ0n) is 11.6. The predicted octanol–water partition coefficient (Wildman–Crippen LogP) is 1.44. The van der Waals surface area contributed by atoms with Crippen molar-refractivity contribution in [3.8, 4) is 5.75 Å². The maximum atomic E-state index is 11.6. The summed E-state index contributed by atoms with van der Waals surface area (Å²) in [7, 11) is 0. The van der Waals surface area contributed by atoms with Gasteiger partial charge in [-0.05, 0) is 44.0 Å². The molecule has 1 amide bonds. The quantitative estimate of drug-likeness (QED) is 0.764. The Labute approximate surface area is 118 Å². The lowest BCUT2D eigenvalue weighted by Crippen LogP contribution is -2.35. The molecule has 20 heavy (non-hydrogen) atoms. The minimum Gasteiger partial charge on any atom is -0.479 e. The van der Waals surface area contributed by atoms with Crippen LogP contribution in [0.4, 0.5) is 5.69 Å². The molecule has 2 heterocycles. The largest absolute Gasteiger partial charge is 0.479 e. The number of piperidine rings is 1. The Morgan fingerprint density at radius 3 is 3.05 bits per heavy atom. The van der Waals surface area contributed by atoms with Crippen LogP contribution in [0.25, 0.3) is 0 Å². The molecule has 5 nitrogen and oxygen atoms in total. The third-order valence-corrected chi connectivity index (χ3v) is 4.06. The van der Waals surface area contributed by atoms with E-state index in [0.717, 1.165) is 31.5 Å². The highest BCUT2D eigenvalue weighted by Gasteiger charge is 2.27. The van der Waals surface area contributed by atoms with Gasteiger partial charge in [-0.3, -0.25) is 4.79 Å². The summed E-state index contributed by atoms with van der Waals surface area (Å²) in [6.45, 7) is 3.57. The molecule has 0 saturated carbocycles. The fourth-order valence-electron chi connectivity index (χ4n) is 2.83. The number of ether oxygens (including phenoxy) is 1. The van der Waals surface area contributed by atoms with Crippen molar-refractivity contribution in [3.05, 3.63) is 23.8 Å². The minimum absolute atomic E-state index is 0.150. The lowest BCUT2D eigenvalue weighted by molar-refractivity contribution is -0.122. The van der Waals surface area contributed by atoms with Crippen molar-refractivity contribution in [3.63, 3.8) is 0 Å². The van der Waals surface area contributed by atoms with E-state index in [-0.39, 0.29) is 11.8 Å². The second kappa shape index (κ2) is 5.42. The monoisotopic (exact) mass is 276 g/mol. The third kappa shape index (κ3) is 2.51. The number of amides is 1. The number of aliphatic hydroxyl groups is 1. The zero-order valence-corrected chi connectivity index (χ0v) is 11.6. The lowest BCUT2D eigenvalue weighted by Gasteiger charge is -2.29. The molecule has 1 fully saturated rings. The number of carbonyl (C=O) groups excluding carboxylic acids is 1. The normalized spacial score (nSPS) is 27.2. The van der Waals surface area contributed by atoms with E-state index in [1.54, 1.807) is 6.92 Å². The Hall–Kier alpha value is -1.59. The first-order valence-corrected chi connectivity index (χ1v) is 7.15. The van der Waals surface area contributed by atoms with Crippen molar-refractivity contribution in [1.29, 1.82) is 0 Å².